The maximum Gasteiger partial charge on any atom is 0.222 e. The van der Waals surface area contributed by atoms with Crippen LogP contribution in [-0.4, -0.2) is 36.3 Å². The summed E-state index contributed by atoms with van der Waals surface area (Å²) >= 11 is 0. The minimum Gasteiger partial charge on any atom is -0.356 e. The average molecular weight is 226 g/mol. The van der Waals surface area contributed by atoms with Gasteiger partial charge in [0.05, 0.1) is 0 Å². The van der Waals surface area contributed by atoms with E-state index in [1.165, 1.54) is 19.8 Å². The highest BCUT2D eigenvalue weighted by molar-refractivity contribution is 5.76. The van der Waals surface area contributed by atoms with Crippen LogP contribution < -0.4 is 5.32 Å². The Morgan fingerprint density at radius 1 is 1.25 bits per heavy atom. The lowest BCUT2D eigenvalue weighted by Crippen LogP contribution is -2.28. The lowest BCUT2D eigenvalue weighted by molar-refractivity contribution is -0.130. The van der Waals surface area contributed by atoms with Crippen molar-refractivity contribution in [1.29, 1.82) is 0 Å². The molecule has 0 aromatic carbocycles. The topological polar surface area (TPSA) is 49.4 Å². The van der Waals surface area contributed by atoms with Crippen LogP contribution >= 0.6 is 0 Å². The van der Waals surface area contributed by atoms with Crippen LogP contribution in [0.3, 0.4) is 0 Å². The van der Waals surface area contributed by atoms with Gasteiger partial charge in [-0.25, -0.2) is 0 Å². The molecular weight excluding hydrogens is 204 g/mol. The molecule has 4 nitrogen and oxygen atoms in total. The third-order valence-corrected chi connectivity index (χ3v) is 2.93. The SMILES string of the molecule is CC(=O)NCCCCCC(=O)N(C)C1CC1. The molecule has 0 bridgehead atoms. The highest BCUT2D eigenvalue weighted by Gasteiger charge is 2.28. The van der Waals surface area contributed by atoms with Crippen molar-refractivity contribution in [1.82, 2.24) is 10.2 Å². The summed E-state index contributed by atoms with van der Waals surface area (Å²) in [6, 6.07) is 0.520. The van der Waals surface area contributed by atoms with E-state index >= 15 is 0 Å². The average Bonchev–Trinajstić information content (AvgIpc) is 3.05. The van der Waals surface area contributed by atoms with Crippen molar-refractivity contribution in [3.05, 3.63) is 0 Å². The maximum atomic E-state index is 11.6. The number of nitrogens with one attached hydrogen (secondary N) is 1. The van der Waals surface area contributed by atoms with Crippen molar-refractivity contribution >= 4 is 11.8 Å². The van der Waals surface area contributed by atoms with Gasteiger partial charge in [-0.05, 0) is 25.7 Å². The second-order valence-electron chi connectivity index (χ2n) is 4.53. The van der Waals surface area contributed by atoms with Crippen molar-refractivity contribution in [3.8, 4) is 0 Å². The molecule has 0 aromatic rings. The molecule has 1 saturated carbocycles. The van der Waals surface area contributed by atoms with Crippen molar-refractivity contribution < 1.29 is 9.59 Å². The number of rotatable bonds is 7. The van der Waals surface area contributed by atoms with E-state index < -0.39 is 0 Å². The van der Waals surface area contributed by atoms with Crippen LogP contribution in [0.2, 0.25) is 0 Å². The molecule has 16 heavy (non-hydrogen) atoms. The molecule has 0 radical (unpaired) electrons. The molecule has 4 heteroatoms. The van der Waals surface area contributed by atoms with Crippen molar-refractivity contribution in [2.75, 3.05) is 13.6 Å². The molecule has 0 spiro atoms. The van der Waals surface area contributed by atoms with E-state index in [9.17, 15) is 9.59 Å². The van der Waals surface area contributed by atoms with Gasteiger partial charge < -0.3 is 10.2 Å². The quantitative estimate of drug-likeness (QED) is 0.665. The van der Waals surface area contributed by atoms with Gasteiger partial charge in [-0.1, -0.05) is 6.42 Å². The standard InChI is InChI=1S/C12H22N2O2/c1-10(15)13-9-5-3-4-6-12(16)14(2)11-7-8-11/h11H,3-9H2,1-2H3,(H,13,15). The molecule has 1 aliphatic rings. The van der Waals surface area contributed by atoms with E-state index in [1.807, 2.05) is 11.9 Å². The number of amides is 2. The third kappa shape index (κ3) is 5.14. The van der Waals surface area contributed by atoms with Crippen LogP contribution in [0.5, 0.6) is 0 Å². The molecule has 0 unspecified atom stereocenters. The molecular formula is C12H22N2O2. The number of nitrogens with zero attached hydrogens (tertiary/aromatic N) is 1. The zero-order chi connectivity index (χ0) is 12.0. The summed E-state index contributed by atoms with van der Waals surface area (Å²) in [6.45, 7) is 2.25. The summed E-state index contributed by atoms with van der Waals surface area (Å²) < 4.78 is 0. The summed E-state index contributed by atoms with van der Waals surface area (Å²) in [5.41, 5.74) is 0. The maximum absolute atomic E-state index is 11.6. The van der Waals surface area contributed by atoms with Gasteiger partial charge in [0.2, 0.25) is 11.8 Å². The van der Waals surface area contributed by atoms with Gasteiger partial charge in [-0.3, -0.25) is 9.59 Å². The molecule has 0 saturated heterocycles. The molecule has 0 atom stereocenters. The van der Waals surface area contributed by atoms with Crippen molar-refractivity contribution in [3.63, 3.8) is 0 Å². The van der Waals surface area contributed by atoms with Gasteiger partial charge in [0.15, 0.2) is 0 Å². The van der Waals surface area contributed by atoms with E-state index in [1.54, 1.807) is 0 Å². The summed E-state index contributed by atoms with van der Waals surface area (Å²) in [6.07, 6.45) is 5.88. The molecule has 2 amide bonds. The summed E-state index contributed by atoms with van der Waals surface area (Å²) in [5, 5.41) is 2.75. The predicted octanol–water partition coefficient (Wildman–Crippen LogP) is 1.30. The third-order valence-electron chi connectivity index (χ3n) is 2.93. The molecule has 1 rings (SSSR count). The zero-order valence-corrected chi connectivity index (χ0v) is 10.3. The first-order valence-electron chi connectivity index (χ1n) is 6.11. The van der Waals surface area contributed by atoms with E-state index in [-0.39, 0.29) is 11.8 Å². The van der Waals surface area contributed by atoms with Gasteiger partial charge in [-0.2, -0.15) is 0 Å². The van der Waals surface area contributed by atoms with Gasteiger partial charge in [-0.15, -0.1) is 0 Å². The summed E-state index contributed by atoms with van der Waals surface area (Å²) in [4.78, 5) is 24.1. The lowest BCUT2D eigenvalue weighted by Gasteiger charge is -2.15. The van der Waals surface area contributed by atoms with Gasteiger partial charge in [0, 0.05) is 33.0 Å². The van der Waals surface area contributed by atoms with Gasteiger partial charge >= 0.3 is 0 Å². The Morgan fingerprint density at radius 2 is 1.94 bits per heavy atom. The summed E-state index contributed by atoms with van der Waals surface area (Å²) in [7, 11) is 1.90. The smallest absolute Gasteiger partial charge is 0.222 e. The molecule has 0 heterocycles. The monoisotopic (exact) mass is 226 g/mol. The molecule has 1 N–H and O–H groups in total. The van der Waals surface area contributed by atoms with Crippen LogP contribution in [0.1, 0.15) is 45.4 Å². The normalized spacial score (nSPS) is 14.6. The van der Waals surface area contributed by atoms with E-state index in [2.05, 4.69) is 5.32 Å². The van der Waals surface area contributed by atoms with Crippen LogP contribution in [-0.2, 0) is 9.59 Å². The fraction of sp³-hybridized carbons (Fsp3) is 0.833. The van der Waals surface area contributed by atoms with Crippen molar-refractivity contribution in [2.45, 2.75) is 51.5 Å². The Morgan fingerprint density at radius 3 is 2.50 bits per heavy atom. The largest absolute Gasteiger partial charge is 0.356 e. The number of hydrogen-bond donors (Lipinski definition) is 1. The fourth-order valence-corrected chi connectivity index (χ4v) is 1.68. The lowest BCUT2D eigenvalue weighted by atomic mass is 10.2. The Hall–Kier alpha value is -1.06. The van der Waals surface area contributed by atoms with Crippen LogP contribution in [0.25, 0.3) is 0 Å². The van der Waals surface area contributed by atoms with Gasteiger partial charge in [0.25, 0.3) is 0 Å². The summed E-state index contributed by atoms with van der Waals surface area (Å²) in [5.74, 6) is 0.284. The van der Waals surface area contributed by atoms with Crippen molar-refractivity contribution in [2.24, 2.45) is 0 Å². The minimum absolute atomic E-state index is 0.0181. The number of hydrogen-bond acceptors (Lipinski definition) is 2. The highest BCUT2D eigenvalue weighted by atomic mass is 16.2. The second kappa shape index (κ2) is 6.51. The van der Waals surface area contributed by atoms with E-state index in [0.717, 1.165) is 25.8 Å². The molecule has 1 fully saturated rings. The molecule has 0 aromatic heterocycles. The Bertz CT molecular complexity index is 249. The Balaban J connectivity index is 1.93. The first kappa shape index (κ1) is 13.0. The van der Waals surface area contributed by atoms with Crippen LogP contribution in [0.15, 0.2) is 0 Å². The van der Waals surface area contributed by atoms with Gasteiger partial charge in [0.1, 0.15) is 0 Å². The minimum atomic E-state index is 0.0181. The predicted molar refractivity (Wildman–Crippen MR) is 62.9 cm³/mol. The van der Waals surface area contributed by atoms with Crippen LogP contribution in [0.4, 0.5) is 0 Å². The number of carbonyl (C=O) groups excluding carboxylic acids is 2. The molecule has 92 valence electrons. The second-order valence-corrected chi connectivity index (χ2v) is 4.53. The number of carbonyl (C=O) groups is 2. The van der Waals surface area contributed by atoms with E-state index in [0.29, 0.717) is 12.5 Å². The van der Waals surface area contributed by atoms with E-state index in [4.69, 9.17) is 0 Å². The fourth-order valence-electron chi connectivity index (χ4n) is 1.68. The molecule has 1 aliphatic carbocycles. The Labute approximate surface area is 97.4 Å². The first-order chi connectivity index (χ1) is 7.61. The van der Waals surface area contributed by atoms with Crippen LogP contribution in [0, 0.1) is 0 Å². The highest BCUT2D eigenvalue weighted by Crippen LogP contribution is 2.25. The molecule has 0 aliphatic heterocycles. The first-order valence-corrected chi connectivity index (χ1v) is 6.11. The zero-order valence-electron chi connectivity index (χ0n) is 10.3. The Kier molecular flexibility index (Phi) is 5.29. The number of unbranched alkanes of at least 4 members (excludes halogenated alkanes) is 2.